The molecule has 2 aromatic rings. The standard InChI is InChI=1S/C27H29N3O6S/c1-3-30-25(32)23(37-27(30)28-21-9-6-8-20(17-21)26(33)35-4-2)16-19-7-5-10-22(15-19)36-18-24(31)29-11-13-34-14-12-29/h5-10,15-17H,3-4,11-14,18H2,1-2H3. The molecule has 0 radical (unpaired) electrons. The molecule has 2 aromatic carbocycles. The largest absolute Gasteiger partial charge is 0.484 e. The van der Waals surface area contributed by atoms with Gasteiger partial charge in [0.05, 0.1) is 36.0 Å². The van der Waals surface area contributed by atoms with Gasteiger partial charge in [0, 0.05) is 19.6 Å². The molecule has 2 amide bonds. The van der Waals surface area contributed by atoms with Crippen LogP contribution in [0.1, 0.15) is 29.8 Å². The van der Waals surface area contributed by atoms with E-state index in [0.29, 0.717) is 59.9 Å². The van der Waals surface area contributed by atoms with E-state index in [-0.39, 0.29) is 25.0 Å². The fraction of sp³-hybridized carbons (Fsp3) is 0.333. The molecule has 9 nitrogen and oxygen atoms in total. The third kappa shape index (κ3) is 6.78. The summed E-state index contributed by atoms with van der Waals surface area (Å²) in [4.78, 5) is 46.0. The highest BCUT2D eigenvalue weighted by molar-refractivity contribution is 8.18. The van der Waals surface area contributed by atoms with Gasteiger partial charge in [0.1, 0.15) is 5.75 Å². The van der Waals surface area contributed by atoms with Crippen LogP contribution < -0.4 is 4.74 Å². The molecule has 10 heteroatoms. The molecule has 0 atom stereocenters. The summed E-state index contributed by atoms with van der Waals surface area (Å²) in [6, 6.07) is 14.1. The van der Waals surface area contributed by atoms with Crippen molar-refractivity contribution in [1.29, 1.82) is 0 Å². The Hall–Kier alpha value is -3.63. The predicted octanol–water partition coefficient (Wildman–Crippen LogP) is 3.72. The first-order valence-electron chi connectivity index (χ1n) is 12.1. The maximum absolute atomic E-state index is 13.1. The van der Waals surface area contributed by atoms with Crippen molar-refractivity contribution in [3.05, 3.63) is 64.6 Å². The van der Waals surface area contributed by atoms with E-state index in [2.05, 4.69) is 4.99 Å². The SMILES string of the molecule is CCOC(=O)c1cccc(N=C2SC(=Cc3cccc(OCC(=O)N4CCOCC4)c3)C(=O)N2CC)c1. The van der Waals surface area contributed by atoms with Crippen molar-refractivity contribution in [1.82, 2.24) is 9.80 Å². The molecule has 0 saturated carbocycles. The number of carbonyl (C=O) groups is 3. The first-order valence-corrected chi connectivity index (χ1v) is 13.0. The fourth-order valence-corrected chi connectivity index (χ4v) is 4.85. The van der Waals surface area contributed by atoms with Crippen molar-refractivity contribution in [2.45, 2.75) is 13.8 Å². The van der Waals surface area contributed by atoms with Crippen LogP contribution in [0.5, 0.6) is 5.75 Å². The number of nitrogens with zero attached hydrogens (tertiary/aromatic N) is 3. The molecule has 194 valence electrons. The van der Waals surface area contributed by atoms with Crippen LogP contribution in [0.3, 0.4) is 0 Å². The number of amidine groups is 1. The second kappa shape index (κ2) is 12.6. The van der Waals surface area contributed by atoms with Crippen LogP contribution in [0.2, 0.25) is 0 Å². The van der Waals surface area contributed by atoms with E-state index in [1.807, 2.05) is 19.1 Å². The summed E-state index contributed by atoms with van der Waals surface area (Å²) in [5.74, 6) is -0.105. The first kappa shape index (κ1) is 26.4. The Bertz CT molecular complexity index is 1220. The summed E-state index contributed by atoms with van der Waals surface area (Å²) in [7, 11) is 0. The average molecular weight is 524 g/mol. The van der Waals surface area contributed by atoms with Crippen molar-refractivity contribution < 1.29 is 28.6 Å². The minimum atomic E-state index is -0.415. The molecule has 2 heterocycles. The lowest BCUT2D eigenvalue weighted by Gasteiger charge is -2.26. The van der Waals surface area contributed by atoms with Crippen molar-refractivity contribution in [3.63, 3.8) is 0 Å². The maximum Gasteiger partial charge on any atom is 0.338 e. The minimum absolute atomic E-state index is 0.0566. The molecule has 37 heavy (non-hydrogen) atoms. The first-order chi connectivity index (χ1) is 18.0. The third-order valence-electron chi connectivity index (χ3n) is 5.67. The molecule has 2 saturated heterocycles. The van der Waals surface area contributed by atoms with E-state index in [1.165, 1.54) is 11.8 Å². The minimum Gasteiger partial charge on any atom is -0.484 e. The van der Waals surface area contributed by atoms with Crippen molar-refractivity contribution in [3.8, 4) is 5.75 Å². The number of rotatable bonds is 8. The zero-order valence-electron chi connectivity index (χ0n) is 20.8. The molecule has 0 unspecified atom stereocenters. The summed E-state index contributed by atoms with van der Waals surface area (Å²) >= 11 is 1.27. The summed E-state index contributed by atoms with van der Waals surface area (Å²) in [5, 5.41) is 0.531. The number of aliphatic imine (C=N–C) groups is 1. The lowest BCUT2D eigenvalue weighted by molar-refractivity contribution is -0.137. The van der Waals surface area contributed by atoms with E-state index in [4.69, 9.17) is 14.2 Å². The Morgan fingerprint density at radius 3 is 2.65 bits per heavy atom. The van der Waals surface area contributed by atoms with Crippen molar-refractivity contribution in [2.75, 3.05) is 46.1 Å². The van der Waals surface area contributed by atoms with Crippen LogP contribution in [0.15, 0.2) is 58.4 Å². The number of esters is 1. The summed E-state index contributed by atoms with van der Waals surface area (Å²) in [5.41, 5.74) is 1.73. The van der Waals surface area contributed by atoms with Crippen LogP contribution in [0.4, 0.5) is 5.69 Å². The average Bonchev–Trinajstić information content (AvgIpc) is 3.21. The van der Waals surface area contributed by atoms with E-state index in [9.17, 15) is 14.4 Å². The number of morpholine rings is 1. The fourth-order valence-electron chi connectivity index (χ4n) is 3.79. The Kier molecular flexibility index (Phi) is 8.97. The highest BCUT2D eigenvalue weighted by atomic mass is 32.2. The van der Waals surface area contributed by atoms with E-state index >= 15 is 0 Å². The lowest BCUT2D eigenvalue weighted by Crippen LogP contribution is -2.42. The Balaban J connectivity index is 1.47. The van der Waals surface area contributed by atoms with Gasteiger partial charge >= 0.3 is 5.97 Å². The third-order valence-corrected chi connectivity index (χ3v) is 6.67. The molecule has 0 aromatic heterocycles. The van der Waals surface area contributed by atoms with Gasteiger partial charge in [-0.25, -0.2) is 9.79 Å². The van der Waals surface area contributed by atoms with Crippen molar-refractivity contribution >= 4 is 46.5 Å². The number of hydrogen-bond acceptors (Lipinski definition) is 8. The molecule has 2 fully saturated rings. The molecular formula is C27H29N3O6S. The Morgan fingerprint density at radius 1 is 1.11 bits per heavy atom. The number of thioether (sulfide) groups is 1. The number of benzene rings is 2. The molecule has 2 aliphatic rings. The van der Waals surface area contributed by atoms with Crippen LogP contribution in [-0.4, -0.2) is 78.8 Å². The number of carbonyl (C=O) groups excluding carboxylic acids is 3. The molecule has 0 spiro atoms. The van der Waals surface area contributed by atoms with Crippen LogP contribution in [0, 0.1) is 0 Å². The molecule has 0 aliphatic carbocycles. The number of amides is 2. The second-order valence-corrected chi connectivity index (χ2v) is 9.19. The lowest BCUT2D eigenvalue weighted by atomic mass is 10.2. The summed E-state index contributed by atoms with van der Waals surface area (Å²) in [6.45, 7) is 6.53. The van der Waals surface area contributed by atoms with Gasteiger partial charge < -0.3 is 19.1 Å². The molecule has 0 N–H and O–H groups in total. The van der Waals surface area contributed by atoms with Gasteiger partial charge in [-0.3, -0.25) is 14.5 Å². The number of hydrogen-bond donors (Lipinski definition) is 0. The zero-order valence-corrected chi connectivity index (χ0v) is 21.7. The van der Waals surface area contributed by atoms with E-state index < -0.39 is 5.97 Å². The van der Waals surface area contributed by atoms with Crippen molar-refractivity contribution in [2.24, 2.45) is 4.99 Å². The normalized spacial score (nSPS) is 17.9. The van der Waals surface area contributed by atoms with Crippen LogP contribution in [-0.2, 0) is 19.1 Å². The predicted molar refractivity (Wildman–Crippen MR) is 142 cm³/mol. The quantitative estimate of drug-likeness (QED) is 0.384. The van der Waals surface area contributed by atoms with Crippen LogP contribution >= 0.6 is 11.8 Å². The second-order valence-electron chi connectivity index (χ2n) is 8.18. The molecular weight excluding hydrogens is 494 g/mol. The summed E-state index contributed by atoms with van der Waals surface area (Å²) in [6.07, 6.45) is 1.78. The van der Waals surface area contributed by atoms with E-state index in [1.54, 1.807) is 59.2 Å². The van der Waals surface area contributed by atoms with Crippen LogP contribution in [0.25, 0.3) is 6.08 Å². The Morgan fingerprint density at radius 2 is 1.89 bits per heavy atom. The molecule has 4 rings (SSSR count). The Labute approximate surface area is 220 Å². The van der Waals surface area contributed by atoms with Gasteiger partial charge in [-0.1, -0.05) is 18.2 Å². The molecule has 0 bridgehead atoms. The van der Waals surface area contributed by atoms with E-state index in [0.717, 1.165) is 5.56 Å². The highest BCUT2D eigenvalue weighted by Crippen LogP contribution is 2.34. The highest BCUT2D eigenvalue weighted by Gasteiger charge is 2.32. The maximum atomic E-state index is 13.1. The molecule has 2 aliphatic heterocycles. The van der Waals surface area contributed by atoms with Gasteiger partial charge in [-0.15, -0.1) is 0 Å². The summed E-state index contributed by atoms with van der Waals surface area (Å²) < 4.78 is 16.1. The van der Waals surface area contributed by atoms with Gasteiger partial charge in [-0.2, -0.15) is 0 Å². The monoisotopic (exact) mass is 523 g/mol. The zero-order chi connectivity index (χ0) is 26.2. The topological polar surface area (TPSA) is 97.7 Å². The number of likely N-dealkylation sites (N-methyl/N-ethyl adjacent to an activating group) is 1. The van der Waals surface area contributed by atoms with Gasteiger partial charge in [0.2, 0.25) is 0 Å². The van der Waals surface area contributed by atoms with Gasteiger partial charge in [0.15, 0.2) is 11.8 Å². The number of ether oxygens (including phenoxy) is 3. The van der Waals surface area contributed by atoms with Gasteiger partial charge in [-0.05, 0) is 67.6 Å². The smallest absolute Gasteiger partial charge is 0.338 e. The van der Waals surface area contributed by atoms with Gasteiger partial charge in [0.25, 0.3) is 11.8 Å².